The molecule has 5 saturated heterocycles. The molecule has 0 bridgehead atoms. The van der Waals surface area contributed by atoms with Crippen molar-refractivity contribution in [2.24, 2.45) is 46.3 Å². The van der Waals surface area contributed by atoms with Gasteiger partial charge in [0.05, 0.1) is 35.8 Å². The van der Waals surface area contributed by atoms with Crippen molar-refractivity contribution in [3.63, 3.8) is 0 Å². The molecule has 4 aliphatic carbocycles. The number of fused-ring (bicyclic) bond motifs is 5. The van der Waals surface area contributed by atoms with Crippen LogP contribution < -0.4 is 0 Å². The summed E-state index contributed by atoms with van der Waals surface area (Å²) in [4.78, 5) is 13.2. The number of carbonyl (C=O) groups excluding carboxylic acids is 1. The maximum absolute atomic E-state index is 13.2. The molecule has 33 atom stereocenters. The van der Waals surface area contributed by atoms with E-state index < -0.39 is 186 Å². The fourth-order valence-electron chi connectivity index (χ4n) is 16.0. The third-order valence-corrected chi connectivity index (χ3v) is 22.2. The first-order valence-corrected chi connectivity index (χ1v) is 31.6. The first-order chi connectivity index (χ1) is 39.1. The Kier molecular flexibility index (Phi) is 20.1. The summed E-state index contributed by atoms with van der Waals surface area (Å²) in [5.74, 6) is -2.76. The normalized spacial score (nSPS) is 52.0. The van der Waals surface area contributed by atoms with Crippen LogP contribution in [0.3, 0.4) is 0 Å². The molecule has 9 aliphatic rings. The van der Waals surface area contributed by atoms with Crippen molar-refractivity contribution in [1.82, 2.24) is 0 Å². The van der Waals surface area contributed by atoms with Crippen molar-refractivity contribution in [2.75, 3.05) is 0 Å². The second-order valence-corrected chi connectivity index (χ2v) is 28.7. The van der Waals surface area contributed by atoms with Crippen LogP contribution >= 0.6 is 0 Å². The van der Waals surface area contributed by atoms with Crippen LogP contribution in [-0.2, 0) is 62.3 Å². The highest BCUT2D eigenvalue weighted by atomic mass is 32.2. The smallest absolute Gasteiger partial charge is 0.267 e. The highest BCUT2D eigenvalue weighted by Crippen LogP contribution is 2.67. The lowest BCUT2D eigenvalue weighted by atomic mass is 9.47. The van der Waals surface area contributed by atoms with Gasteiger partial charge in [-0.15, -0.1) is 0 Å². The van der Waals surface area contributed by atoms with Crippen molar-refractivity contribution in [2.45, 2.75) is 292 Å². The number of hydrogen-bond donors (Lipinski definition) is 13. The zero-order valence-corrected chi connectivity index (χ0v) is 50.3. The van der Waals surface area contributed by atoms with E-state index in [1.165, 1.54) is 40.2 Å². The lowest BCUT2D eigenvalue weighted by molar-refractivity contribution is -0.432. The van der Waals surface area contributed by atoms with E-state index in [0.29, 0.717) is 25.7 Å². The highest BCUT2D eigenvalue weighted by Gasteiger charge is 2.64. The van der Waals surface area contributed by atoms with E-state index >= 15 is 0 Å². The number of aliphatic hydroxyl groups excluding tert-OH is 10. The number of ketones is 1. The minimum atomic E-state index is -4.52. The van der Waals surface area contributed by atoms with Crippen molar-refractivity contribution in [3.05, 3.63) is 11.6 Å². The van der Waals surface area contributed by atoms with E-state index in [-0.39, 0.29) is 53.6 Å². The Morgan fingerprint density at radius 1 is 0.583 bits per heavy atom. The monoisotopic (exact) mass is 1230 g/mol. The van der Waals surface area contributed by atoms with Crippen LogP contribution in [0.25, 0.3) is 0 Å². The Morgan fingerprint density at radius 3 is 1.67 bits per heavy atom. The molecular formula is C57H94O26S. The Morgan fingerprint density at radius 2 is 1.10 bits per heavy atom. The van der Waals surface area contributed by atoms with Crippen LogP contribution in [0, 0.1) is 46.3 Å². The van der Waals surface area contributed by atoms with Gasteiger partial charge in [-0.3, -0.25) is 9.35 Å². The third-order valence-electron chi connectivity index (χ3n) is 20.9. The Balaban J connectivity index is 0.998. The maximum atomic E-state index is 13.2. The van der Waals surface area contributed by atoms with E-state index in [9.17, 15) is 79.0 Å². The second kappa shape index (κ2) is 25.3. The van der Waals surface area contributed by atoms with E-state index in [2.05, 4.69) is 26.8 Å². The van der Waals surface area contributed by atoms with E-state index in [4.69, 9.17) is 47.4 Å². The molecule has 13 N–H and O–H groups in total. The van der Waals surface area contributed by atoms with Crippen molar-refractivity contribution < 1.29 is 126 Å². The van der Waals surface area contributed by atoms with Crippen LogP contribution in [0.1, 0.15) is 127 Å². The Hall–Kier alpha value is -1.56. The summed E-state index contributed by atoms with van der Waals surface area (Å²) in [6.45, 7) is 17.4. The van der Waals surface area contributed by atoms with Crippen molar-refractivity contribution in [3.8, 4) is 0 Å². The zero-order valence-electron chi connectivity index (χ0n) is 49.4. The molecule has 5 aliphatic heterocycles. The SMILES string of the molecule is CC(C)CC(=O)C[C@@H](C)[C@H]1CC[C@H]2[C@@H]3C[C@H](O[C@@H]4O[C@H](C)C(O)(O)[C@H](O[C@@H]5O[C@H](C)[C@@H](O[C@@H]6O[C@H](C)[C@H](O)[C@H](O)[C@H]6O[C@@H]6O[C@H](C)[C@H](O)[C@H](O)[C@H]6O)[C@H](O)[C@H]5O[C@@H]5O[C@H](C)[C@@H](O)[C@H](O)[C@H]5O)[C@H]4O)[C@H]4C[C@@H](S(=O)(=O)O)CC[C@]4(C)C3=CC[C@]12C. The topological polar surface area (TPSA) is 407 Å². The number of rotatable bonds is 16. The molecule has 0 aromatic rings. The number of Topliss-reactive ketones (excluding diaryl/α,β-unsaturated/α-hetero) is 1. The summed E-state index contributed by atoms with van der Waals surface area (Å²) in [5, 5.41) is 134. The van der Waals surface area contributed by atoms with Gasteiger partial charge in [-0.25, -0.2) is 0 Å². The lowest BCUT2D eigenvalue weighted by Crippen LogP contribution is -2.70. The summed E-state index contributed by atoms with van der Waals surface area (Å²) in [6, 6.07) is 0. The molecule has 26 nitrogen and oxygen atoms in total. The van der Waals surface area contributed by atoms with Crippen molar-refractivity contribution >= 4 is 15.9 Å². The molecule has 8 fully saturated rings. The van der Waals surface area contributed by atoms with Crippen LogP contribution in [0.5, 0.6) is 0 Å². The Labute approximate surface area is 490 Å². The molecule has 0 unspecified atom stereocenters. The standard InChI is InChI=1S/C57H94O26S/c1-21(2)17-28(58)18-22(3)31-11-12-32-30-20-35(34-19-29(84(71,72)73)13-15-56(34,10)33(30)14-16-55(31,32)9)79-52-45(68)49(57(69,70)27(8)78-52)83-54-48(82-51-43(66)40(63)37(60)24(5)75-51)44(67)46(26(7)77-54)80-53-47(41(64)38(61)25(6)76-53)81-50-42(65)39(62)36(59)23(4)74-50/h14,21-27,29-32,34-54,59-70H,11-13,15-20H2,1-10H3,(H,71,72,73)/t22-,23-,24-,25-,26-,27-,29+,30+,31-,32+,34-,35+,36+,37-,38+,39+,40+,41+,42-,43-,44+,45-,46-,47-,48-,49-,50+,51+,52+,53+,54+,55-,56-/m1/s1. The minimum absolute atomic E-state index is 0.000763. The second-order valence-electron chi connectivity index (χ2n) is 27.0. The molecule has 5 heterocycles. The molecule has 9 rings (SSSR count). The molecule has 84 heavy (non-hydrogen) atoms. The molecule has 3 saturated carbocycles. The number of allylic oxidation sites excluding steroid dienone is 2. The van der Waals surface area contributed by atoms with E-state index in [1.54, 1.807) is 0 Å². The average molecular weight is 1230 g/mol. The van der Waals surface area contributed by atoms with Gasteiger partial charge in [-0.05, 0) is 126 Å². The first kappa shape index (κ1) is 66.8. The average Bonchev–Trinajstić information content (AvgIpc) is 2.23. The molecule has 0 radical (unpaired) electrons. The fourth-order valence-corrected chi connectivity index (χ4v) is 16.8. The van der Waals surface area contributed by atoms with Gasteiger partial charge in [-0.2, -0.15) is 8.42 Å². The molecule has 0 aromatic heterocycles. The van der Waals surface area contributed by atoms with Crippen LogP contribution in [-0.4, -0.2) is 245 Å². The number of aliphatic hydroxyl groups is 12. The number of carbonyl (C=O) groups is 1. The van der Waals surface area contributed by atoms with Crippen LogP contribution in [0.4, 0.5) is 0 Å². The van der Waals surface area contributed by atoms with E-state index in [0.717, 1.165) is 19.3 Å². The summed E-state index contributed by atoms with van der Waals surface area (Å²) >= 11 is 0. The van der Waals surface area contributed by atoms with Gasteiger partial charge < -0.3 is 109 Å². The van der Waals surface area contributed by atoms with Gasteiger partial charge in [0.2, 0.25) is 5.79 Å². The zero-order chi connectivity index (χ0) is 61.8. The number of hydrogen-bond acceptors (Lipinski definition) is 25. The largest absolute Gasteiger partial charge is 0.388 e. The fraction of sp³-hybridized carbons (Fsp3) is 0.947. The van der Waals surface area contributed by atoms with Gasteiger partial charge in [0.15, 0.2) is 31.5 Å². The van der Waals surface area contributed by atoms with Gasteiger partial charge in [-0.1, -0.05) is 46.3 Å². The quantitative estimate of drug-likeness (QED) is 0.0501. The predicted molar refractivity (Wildman–Crippen MR) is 287 cm³/mol. The molecular weight excluding hydrogens is 1130 g/mol. The van der Waals surface area contributed by atoms with Gasteiger partial charge in [0.1, 0.15) is 97.3 Å². The third kappa shape index (κ3) is 12.5. The lowest BCUT2D eigenvalue weighted by Gasteiger charge is -2.60. The van der Waals surface area contributed by atoms with Gasteiger partial charge >= 0.3 is 0 Å². The number of ether oxygens (including phenoxy) is 10. The van der Waals surface area contributed by atoms with E-state index in [1.807, 2.05) is 13.8 Å². The molecule has 0 amide bonds. The van der Waals surface area contributed by atoms with Crippen molar-refractivity contribution in [1.29, 1.82) is 0 Å². The first-order valence-electron chi connectivity index (χ1n) is 30.1. The van der Waals surface area contributed by atoms with Gasteiger partial charge in [0, 0.05) is 12.8 Å². The molecule has 27 heteroatoms. The predicted octanol–water partition coefficient (Wildman–Crippen LogP) is -0.987. The highest BCUT2D eigenvalue weighted by molar-refractivity contribution is 7.86. The molecule has 484 valence electrons. The Bertz CT molecular complexity index is 2420. The molecule has 0 aromatic carbocycles. The minimum Gasteiger partial charge on any atom is -0.388 e. The summed E-state index contributed by atoms with van der Waals surface area (Å²) in [7, 11) is -4.52. The van der Waals surface area contributed by atoms with Gasteiger partial charge in [0.25, 0.3) is 10.1 Å². The molecule has 0 spiro atoms. The maximum Gasteiger partial charge on any atom is 0.267 e. The van der Waals surface area contributed by atoms with Crippen LogP contribution in [0.2, 0.25) is 0 Å². The summed E-state index contributed by atoms with van der Waals surface area (Å²) in [6.07, 6.45) is -35.4. The summed E-state index contributed by atoms with van der Waals surface area (Å²) in [5.41, 5.74) is 0.337. The summed E-state index contributed by atoms with van der Waals surface area (Å²) < 4.78 is 97.6. The van der Waals surface area contributed by atoms with Crippen LogP contribution in [0.15, 0.2) is 11.6 Å².